The van der Waals surface area contributed by atoms with Crippen LogP contribution in [0.15, 0.2) is 18.2 Å². The maximum Gasteiger partial charge on any atom is 0.325 e. The number of rotatable bonds is 3. The lowest BCUT2D eigenvalue weighted by molar-refractivity contribution is -0.126. The first-order chi connectivity index (χ1) is 8.88. The zero-order chi connectivity index (χ0) is 14.2. The number of amides is 3. The molecule has 1 fully saturated rings. The van der Waals surface area contributed by atoms with Crippen molar-refractivity contribution in [2.45, 2.75) is 32.4 Å². The zero-order valence-electron chi connectivity index (χ0n) is 10.7. The highest BCUT2D eigenvalue weighted by Gasteiger charge is 2.47. The SMILES string of the molecule is CCC1(C)C(=O)NC(=O)N1Cc1ccc(Cl)c(F)c1. The second-order valence-electron chi connectivity index (χ2n) is 4.72. The third kappa shape index (κ3) is 2.30. The smallest absolute Gasteiger partial charge is 0.306 e. The van der Waals surface area contributed by atoms with Gasteiger partial charge in [0.05, 0.1) is 5.02 Å². The molecule has 1 aromatic carbocycles. The van der Waals surface area contributed by atoms with E-state index in [1.165, 1.54) is 17.0 Å². The van der Waals surface area contributed by atoms with Crippen molar-refractivity contribution in [3.63, 3.8) is 0 Å². The van der Waals surface area contributed by atoms with Crippen LogP contribution in [0.3, 0.4) is 0 Å². The van der Waals surface area contributed by atoms with Gasteiger partial charge in [0.25, 0.3) is 5.91 Å². The van der Waals surface area contributed by atoms with E-state index < -0.39 is 17.4 Å². The molecule has 1 aliphatic rings. The summed E-state index contributed by atoms with van der Waals surface area (Å²) in [4.78, 5) is 25.0. The Morgan fingerprint density at radius 2 is 2.11 bits per heavy atom. The van der Waals surface area contributed by atoms with E-state index in [1.807, 2.05) is 6.92 Å². The Kier molecular flexibility index (Phi) is 3.49. The van der Waals surface area contributed by atoms with E-state index in [4.69, 9.17) is 11.6 Å². The molecule has 0 spiro atoms. The highest BCUT2D eigenvalue weighted by molar-refractivity contribution is 6.30. The van der Waals surface area contributed by atoms with Gasteiger partial charge in [-0.15, -0.1) is 0 Å². The highest BCUT2D eigenvalue weighted by Crippen LogP contribution is 2.27. The van der Waals surface area contributed by atoms with Crippen LogP contribution in [0.4, 0.5) is 9.18 Å². The zero-order valence-corrected chi connectivity index (χ0v) is 11.4. The lowest BCUT2D eigenvalue weighted by atomic mass is 9.97. The summed E-state index contributed by atoms with van der Waals surface area (Å²) < 4.78 is 13.4. The molecule has 1 atom stereocenters. The normalized spacial score (nSPS) is 22.8. The average molecular weight is 285 g/mol. The first-order valence-corrected chi connectivity index (χ1v) is 6.33. The van der Waals surface area contributed by atoms with Gasteiger partial charge in [-0.3, -0.25) is 10.1 Å². The summed E-state index contributed by atoms with van der Waals surface area (Å²) in [5.41, 5.74) is -0.306. The molecule has 1 saturated heterocycles. The maximum atomic E-state index is 13.4. The summed E-state index contributed by atoms with van der Waals surface area (Å²) in [7, 11) is 0. The quantitative estimate of drug-likeness (QED) is 0.868. The van der Waals surface area contributed by atoms with Crippen molar-refractivity contribution >= 4 is 23.5 Å². The number of hydrogen-bond acceptors (Lipinski definition) is 2. The van der Waals surface area contributed by atoms with Gasteiger partial charge in [-0.2, -0.15) is 0 Å². The molecule has 2 rings (SSSR count). The standard InChI is InChI=1S/C13H14ClFN2O2/c1-3-13(2)11(18)16-12(19)17(13)7-8-4-5-9(14)10(15)6-8/h4-6H,3,7H2,1-2H3,(H,16,18,19). The molecule has 0 radical (unpaired) electrons. The van der Waals surface area contributed by atoms with E-state index in [2.05, 4.69) is 5.32 Å². The van der Waals surface area contributed by atoms with Crippen LogP contribution in [-0.4, -0.2) is 22.4 Å². The predicted molar refractivity (Wildman–Crippen MR) is 69.2 cm³/mol. The Morgan fingerprint density at radius 3 is 2.68 bits per heavy atom. The van der Waals surface area contributed by atoms with Crippen molar-refractivity contribution in [1.82, 2.24) is 10.2 Å². The molecule has 6 heteroatoms. The van der Waals surface area contributed by atoms with Crippen LogP contribution < -0.4 is 5.32 Å². The molecule has 0 aliphatic carbocycles. The second-order valence-corrected chi connectivity index (χ2v) is 5.13. The molecule has 1 N–H and O–H groups in total. The van der Waals surface area contributed by atoms with Crippen molar-refractivity contribution in [3.05, 3.63) is 34.6 Å². The van der Waals surface area contributed by atoms with Crippen LogP contribution >= 0.6 is 11.6 Å². The number of halogens is 2. The molecule has 102 valence electrons. The second kappa shape index (κ2) is 4.81. The molecule has 0 saturated carbocycles. The summed E-state index contributed by atoms with van der Waals surface area (Å²) in [5, 5.41) is 2.31. The van der Waals surface area contributed by atoms with Crippen molar-refractivity contribution in [2.75, 3.05) is 0 Å². The van der Waals surface area contributed by atoms with Crippen LogP contribution in [-0.2, 0) is 11.3 Å². The fourth-order valence-corrected chi connectivity index (χ4v) is 2.18. The van der Waals surface area contributed by atoms with Gasteiger partial charge in [-0.25, -0.2) is 9.18 Å². The van der Waals surface area contributed by atoms with Gasteiger partial charge in [0.15, 0.2) is 0 Å². The van der Waals surface area contributed by atoms with E-state index in [9.17, 15) is 14.0 Å². The molecular weight excluding hydrogens is 271 g/mol. The number of carbonyl (C=O) groups excluding carboxylic acids is 2. The van der Waals surface area contributed by atoms with Gasteiger partial charge >= 0.3 is 6.03 Å². The van der Waals surface area contributed by atoms with Gasteiger partial charge in [0.2, 0.25) is 0 Å². The number of benzene rings is 1. The Balaban J connectivity index is 2.28. The fourth-order valence-electron chi connectivity index (χ4n) is 2.06. The molecule has 1 aliphatic heterocycles. The summed E-state index contributed by atoms with van der Waals surface area (Å²) >= 11 is 5.61. The summed E-state index contributed by atoms with van der Waals surface area (Å²) in [6.45, 7) is 3.68. The van der Waals surface area contributed by atoms with Gasteiger partial charge in [0, 0.05) is 6.54 Å². The molecular formula is C13H14ClFN2O2. The van der Waals surface area contributed by atoms with E-state index in [0.717, 1.165) is 0 Å². The van der Waals surface area contributed by atoms with Crippen molar-refractivity contribution in [2.24, 2.45) is 0 Å². The number of nitrogens with one attached hydrogen (secondary N) is 1. The first-order valence-electron chi connectivity index (χ1n) is 5.95. The summed E-state index contributed by atoms with van der Waals surface area (Å²) in [6.07, 6.45) is 0.487. The molecule has 0 aromatic heterocycles. The number of nitrogens with zero attached hydrogens (tertiary/aromatic N) is 1. The van der Waals surface area contributed by atoms with Crippen LogP contribution in [0.2, 0.25) is 5.02 Å². The topological polar surface area (TPSA) is 49.4 Å². The monoisotopic (exact) mass is 284 g/mol. The van der Waals surface area contributed by atoms with Gasteiger partial charge in [-0.05, 0) is 31.0 Å². The maximum absolute atomic E-state index is 13.4. The van der Waals surface area contributed by atoms with Crippen molar-refractivity contribution in [3.8, 4) is 0 Å². The van der Waals surface area contributed by atoms with Crippen molar-refractivity contribution in [1.29, 1.82) is 0 Å². The predicted octanol–water partition coefficient (Wildman–Crippen LogP) is 2.70. The van der Waals surface area contributed by atoms with Crippen molar-refractivity contribution < 1.29 is 14.0 Å². The Morgan fingerprint density at radius 1 is 1.42 bits per heavy atom. The largest absolute Gasteiger partial charge is 0.325 e. The Labute approximate surface area is 115 Å². The molecule has 4 nitrogen and oxygen atoms in total. The van der Waals surface area contributed by atoms with Gasteiger partial charge in [0.1, 0.15) is 11.4 Å². The minimum Gasteiger partial charge on any atom is -0.306 e. The minimum absolute atomic E-state index is 0.0314. The average Bonchev–Trinajstić information content (AvgIpc) is 2.58. The summed E-state index contributed by atoms with van der Waals surface area (Å²) in [6, 6.07) is 3.89. The van der Waals surface area contributed by atoms with E-state index in [0.29, 0.717) is 12.0 Å². The van der Waals surface area contributed by atoms with Crippen LogP contribution in [0.25, 0.3) is 0 Å². The Bertz CT molecular complexity index is 549. The summed E-state index contributed by atoms with van der Waals surface area (Å²) in [5.74, 6) is -0.863. The lowest BCUT2D eigenvalue weighted by Crippen LogP contribution is -2.45. The molecule has 0 bridgehead atoms. The van der Waals surface area contributed by atoms with Gasteiger partial charge in [-0.1, -0.05) is 24.6 Å². The third-order valence-corrected chi connectivity index (χ3v) is 3.87. The third-order valence-electron chi connectivity index (χ3n) is 3.56. The number of hydrogen-bond donors (Lipinski definition) is 1. The van der Waals surface area contributed by atoms with Crippen LogP contribution in [0.1, 0.15) is 25.8 Å². The van der Waals surface area contributed by atoms with Crippen LogP contribution in [0.5, 0.6) is 0 Å². The number of carbonyl (C=O) groups is 2. The van der Waals surface area contributed by atoms with E-state index >= 15 is 0 Å². The van der Waals surface area contributed by atoms with E-state index in [-0.39, 0.29) is 17.5 Å². The molecule has 19 heavy (non-hydrogen) atoms. The minimum atomic E-state index is -0.896. The number of urea groups is 1. The Hall–Kier alpha value is -1.62. The highest BCUT2D eigenvalue weighted by atomic mass is 35.5. The molecule has 1 aromatic rings. The first kappa shape index (κ1) is 13.8. The van der Waals surface area contributed by atoms with Crippen LogP contribution in [0, 0.1) is 5.82 Å². The fraction of sp³-hybridized carbons (Fsp3) is 0.385. The molecule has 3 amide bonds. The molecule has 1 heterocycles. The number of imide groups is 1. The van der Waals surface area contributed by atoms with Gasteiger partial charge < -0.3 is 4.90 Å². The lowest BCUT2D eigenvalue weighted by Gasteiger charge is -2.30. The van der Waals surface area contributed by atoms with E-state index in [1.54, 1.807) is 13.0 Å². The molecule has 1 unspecified atom stereocenters.